The summed E-state index contributed by atoms with van der Waals surface area (Å²) in [7, 11) is -4.87. The molecule has 56 heavy (non-hydrogen) atoms. The Labute approximate surface area is 333 Å². The first-order chi connectivity index (χ1) is 27.0. The molecule has 284 valence electrons. The van der Waals surface area contributed by atoms with Crippen LogP contribution in [0.1, 0.15) is 73.4 Å². The molecule has 4 nitrogen and oxygen atoms in total. The Morgan fingerprint density at radius 3 is 0.679 bits per heavy atom. The van der Waals surface area contributed by atoms with Crippen molar-refractivity contribution in [2.45, 2.75) is 56.8 Å². The summed E-state index contributed by atoms with van der Waals surface area (Å²) in [5.74, 6) is 0. The highest BCUT2D eigenvalue weighted by Gasteiger charge is 2.54. The van der Waals surface area contributed by atoms with Crippen molar-refractivity contribution >= 4 is 7.82 Å². The van der Waals surface area contributed by atoms with Crippen LogP contribution in [0.4, 0.5) is 0 Å². The minimum atomic E-state index is -4.87. The van der Waals surface area contributed by atoms with Gasteiger partial charge in [0.2, 0.25) is 0 Å². The Kier molecular flexibility index (Phi) is 12.7. The third kappa shape index (κ3) is 8.86. The lowest BCUT2D eigenvalue weighted by Crippen LogP contribution is -2.39. The van der Waals surface area contributed by atoms with Gasteiger partial charge in [0.05, 0.1) is 0 Å². The number of phosphoric acid groups is 1. The molecule has 0 saturated carbocycles. The molecule has 0 fully saturated rings. The van der Waals surface area contributed by atoms with E-state index in [4.69, 9.17) is 13.6 Å². The Balaban J connectivity index is 1.73. The van der Waals surface area contributed by atoms with Crippen LogP contribution in [0.3, 0.4) is 0 Å². The number of rotatable bonds is 18. The Morgan fingerprint density at radius 2 is 0.536 bits per heavy atom. The van der Waals surface area contributed by atoms with Crippen molar-refractivity contribution in [1.82, 2.24) is 0 Å². The van der Waals surface area contributed by atoms with Crippen molar-refractivity contribution < 1.29 is 18.1 Å². The predicted octanol–water partition coefficient (Wildman–Crippen LogP) is 13.9. The van der Waals surface area contributed by atoms with Crippen molar-refractivity contribution in [2.24, 2.45) is 0 Å². The molecule has 0 aromatic heterocycles. The quantitative estimate of drug-likeness (QED) is 0.0647. The minimum absolute atomic E-state index is 0.284. The van der Waals surface area contributed by atoms with Crippen LogP contribution in [-0.4, -0.2) is 0 Å². The molecule has 0 aliphatic carbocycles. The van der Waals surface area contributed by atoms with E-state index in [0.29, 0.717) is 0 Å². The van der Waals surface area contributed by atoms with Crippen molar-refractivity contribution in [1.29, 1.82) is 0 Å². The highest BCUT2D eigenvalue weighted by atomic mass is 31.2. The van der Waals surface area contributed by atoms with Gasteiger partial charge < -0.3 is 0 Å². The normalized spacial score (nSPS) is 12.2. The maximum Gasteiger partial charge on any atom is 0.478 e. The zero-order valence-corrected chi connectivity index (χ0v) is 33.5. The minimum Gasteiger partial charge on any atom is -0.270 e. The van der Waals surface area contributed by atoms with Crippen molar-refractivity contribution in [3.63, 3.8) is 0 Å². The maximum atomic E-state index is 17.1. The summed E-state index contributed by atoms with van der Waals surface area (Å²) in [6, 6.07) is 59.1. The van der Waals surface area contributed by atoms with Gasteiger partial charge in [-0.2, -0.15) is 0 Å². The first-order valence-electron chi connectivity index (χ1n) is 19.0. The highest BCUT2D eigenvalue weighted by Crippen LogP contribution is 2.67. The summed E-state index contributed by atoms with van der Waals surface area (Å²) in [4.78, 5) is 0. The monoisotopic (exact) mass is 758 g/mol. The fourth-order valence-electron chi connectivity index (χ4n) is 7.67. The van der Waals surface area contributed by atoms with Crippen LogP contribution in [0.5, 0.6) is 0 Å². The van der Waals surface area contributed by atoms with E-state index >= 15 is 4.57 Å². The maximum absolute atomic E-state index is 17.1. The summed E-state index contributed by atoms with van der Waals surface area (Å²) in [5.41, 5.74) is 3.01. The van der Waals surface area contributed by atoms with E-state index < -0.39 is 24.6 Å². The molecular formula is C51H51O4P. The summed E-state index contributed by atoms with van der Waals surface area (Å²) in [6.07, 6.45) is 0.851. The molecule has 0 amide bonds. The van der Waals surface area contributed by atoms with E-state index in [1.54, 1.807) is 0 Å². The molecule has 0 atom stereocenters. The third-order valence-corrected chi connectivity index (χ3v) is 11.5. The molecule has 0 N–H and O–H groups in total. The van der Waals surface area contributed by atoms with Crippen LogP contribution in [-0.2, 0) is 34.9 Å². The Morgan fingerprint density at radius 1 is 0.375 bits per heavy atom. The van der Waals surface area contributed by atoms with Crippen molar-refractivity contribution in [2.75, 3.05) is 0 Å². The Bertz CT molecular complexity index is 1880. The third-order valence-electron chi connectivity index (χ3n) is 9.90. The molecule has 6 rings (SSSR count). The lowest BCUT2D eigenvalue weighted by atomic mass is 9.81. The van der Waals surface area contributed by atoms with Gasteiger partial charge in [0, 0.05) is 19.3 Å². The SMILES string of the molecule is C=C(C)CC(OP(=O)(OC(CC(=C)C)(c1ccccc1)c1ccccc1)OC(CC(=C)C)(c1ccccc1)c1ccccc1)(c1ccccc1)c1ccccc1. The lowest BCUT2D eigenvalue weighted by molar-refractivity contribution is -0.0431. The number of hydrogen-bond donors (Lipinski definition) is 0. The first kappa shape index (κ1) is 40.3. The van der Waals surface area contributed by atoms with E-state index in [9.17, 15) is 0 Å². The molecule has 0 radical (unpaired) electrons. The van der Waals surface area contributed by atoms with Gasteiger partial charge in [-0.05, 0) is 54.2 Å². The van der Waals surface area contributed by atoms with Gasteiger partial charge in [0.15, 0.2) is 0 Å². The summed E-state index contributed by atoms with van der Waals surface area (Å²) in [6.45, 7) is 19.0. The molecule has 6 aromatic carbocycles. The Hall–Kier alpha value is -5.35. The number of phosphoric ester groups is 1. The van der Waals surface area contributed by atoms with Gasteiger partial charge in [-0.25, -0.2) is 4.57 Å². The van der Waals surface area contributed by atoms with Crippen LogP contribution >= 0.6 is 7.82 Å². The fraction of sp³-hybridized carbons (Fsp3) is 0.176. The predicted molar refractivity (Wildman–Crippen MR) is 230 cm³/mol. The lowest BCUT2D eigenvalue weighted by Gasteiger charge is -2.45. The summed E-state index contributed by atoms with van der Waals surface area (Å²) >= 11 is 0. The molecule has 6 aromatic rings. The highest BCUT2D eigenvalue weighted by molar-refractivity contribution is 7.48. The zero-order chi connectivity index (χ0) is 39.7. The van der Waals surface area contributed by atoms with E-state index in [2.05, 4.69) is 19.7 Å². The molecular weight excluding hydrogens is 708 g/mol. The molecule has 0 spiro atoms. The van der Waals surface area contributed by atoms with Crippen LogP contribution in [0.2, 0.25) is 0 Å². The second kappa shape index (κ2) is 17.6. The van der Waals surface area contributed by atoms with Gasteiger partial charge in [-0.3, -0.25) is 13.6 Å². The molecule has 0 heterocycles. The number of benzene rings is 6. The molecule has 0 saturated heterocycles. The topological polar surface area (TPSA) is 44.8 Å². The van der Waals surface area contributed by atoms with Gasteiger partial charge in [-0.1, -0.05) is 199 Å². The van der Waals surface area contributed by atoms with Crippen LogP contribution in [0.25, 0.3) is 0 Å². The van der Waals surface area contributed by atoms with Crippen molar-refractivity contribution in [3.8, 4) is 0 Å². The molecule has 0 unspecified atom stereocenters. The first-order valence-corrected chi connectivity index (χ1v) is 20.4. The van der Waals surface area contributed by atoms with Crippen molar-refractivity contribution in [3.05, 3.63) is 252 Å². The second-order valence-electron chi connectivity index (χ2n) is 14.8. The average molecular weight is 759 g/mol. The number of hydrogen-bond acceptors (Lipinski definition) is 4. The molecule has 0 aliphatic heterocycles. The van der Waals surface area contributed by atoms with E-state index in [1.807, 2.05) is 203 Å². The molecule has 5 heteroatoms. The average Bonchev–Trinajstić information content (AvgIpc) is 3.21. The van der Waals surface area contributed by atoms with E-state index in [-0.39, 0.29) is 19.3 Å². The molecule has 0 bridgehead atoms. The van der Waals surface area contributed by atoms with Gasteiger partial charge >= 0.3 is 7.82 Å². The smallest absolute Gasteiger partial charge is 0.270 e. The van der Waals surface area contributed by atoms with Gasteiger partial charge in [-0.15, -0.1) is 19.7 Å². The van der Waals surface area contributed by atoms with Gasteiger partial charge in [0.25, 0.3) is 0 Å². The van der Waals surface area contributed by atoms with Gasteiger partial charge in [0.1, 0.15) is 16.8 Å². The standard InChI is InChI=1S/C51H51O4P/c1-40(2)37-49(43-25-13-7-14-26-43,44-27-15-8-16-28-44)53-56(52,54-50(38-41(3)4,45-29-17-9-18-30-45)46-31-19-10-20-32-46)55-51(39-42(5)6,47-33-21-11-22-34-47)48-35-23-12-24-36-48/h7-36H,1,3,5,37-39H2,2,4,6H3. The summed E-state index contributed by atoms with van der Waals surface area (Å²) < 4.78 is 39.5. The molecule has 0 aliphatic rings. The summed E-state index contributed by atoms with van der Waals surface area (Å²) in [5, 5.41) is 0. The fourth-order valence-corrected chi connectivity index (χ4v) is 9.76. The van der Waals surface area contributed by atoms with E-state index in [1.165, 1.54) is 0 Å². The largest absolute Gasteiger partial charge is 0.478 e. The van der Waals surface area contributed by atoms with Crippen LogP contribution < -0.4 is 0 Å². The van der Waals surface area contributed by atoms with Crippen LogP contribution in [0.15, 0.2) is 218 Å². The second-order valence-corrected chi connectivity index (χ2v) is 16.2. The van der Waals surface area contributed by atoms with Crippen LogP contribution in [0, 0.1) is 0 Å². The van der Waals surface area contributed by atoms with E-state index in [0.717, 1.165) is 50.1 Å². The zero-order valence-electron chi connectivity index (χ0n) is 32.6.